The van der Waals surface area contributed by atoms with Crippen molar-refractivity contribution in [3.05, 3.63) is 70.2 Å². The number of imide groups is 1. The zero-order valence-electron chi connectivity index (χ0n) is 34.9. The van der Waals surface area contributed by atoms with Gasteiger partial charge in [-0.15, -0.1) is 0 Å². The minimum atomic E-state index is -2.79. The van der Waals surface area contributed by atoms with E-state index in [1.165, 1.54) is 34.3 Å². The Bertz CT molecular complexity index is 2620. The molecule has 5 aromatic rings. The Kier molecular flexibility index (Phi) is 11.7. The van der Waals surface area contributed by atoms with Crippen molar-refractivity contribution in [2.24, 2.45) is 13.0 Å². The molecule has 2 bridgehead atoms. The molecular weight excluding hydrogens is 801 g/mol. The average molecular weight is 852 g/mol. The van der Waals surface area contributed by atoms with Gasteiger partial charge in [0.05, 0.1) is 53.3 Å². The number of halogens is 2. The number of benzene rings is 1. The van der Waals surface area contributed by atoms with Crippen LogP contribution in [0.3, 0.4) is 0 Å². The molecule has 10 rings (SSSR count). The molecule has 16 nitrogen and oxygen atoms in total. The quantitative estimate of drug-likeness (QED) is 0.168. The Morgan fingerprint density at radius 2 is 1.84 bits per heavy atom. The summed E-state index contributed by atoms with van der Waals surface area (Å²) in [4.78, 5) is 59.0. The molecule has 5 aliphatic rings. The van der Waals surface area contributed by atoms with Crippen LogP contribution in [0.15, 0.2) is 47.7 Å². The van der Waals surface area contributed by atoms with Gasteiger partial charge in [0.15, 0.2) is 11.3 Å². The number of para-hydroxylation sites is 1. The number of aryl methyl sites for hydroxylation is 1. The van der Waals surface area contributed by atoms with Gasteiger partial charge in [0.2, 0.25) is 11.8 Å². The average Bonchev–Trinajstić information content (AvgIpc) is 4.12. The number of carbonyl (C=O) groups excluding carboxylic acids is 3. The van der Waals surface area contributed by atoms with Gasteiger partial charge >= 0.3 is 5.69 Å². The summed E-state index contributed by atoms with van der Waals surface area (Å²) in [5.41, 5.74) is 2.17. The number of imidazole rings is 1. The molecule has 5 fully saturated rings. The Morgan fingerprint density at radius 1 is 1.03 bits per heavy atom. The molecule has 3 amide bonds. The van der Waals surface area contributed by atoms with Gasteiger partial charge in [0.1, 0.15) is 17.4 Å². The van der Waals surface area contributed by atoms with Gasteiger partial charge in [0, 0.05) is 38.8 Å². The second-order valence-corrected chi connectivity index (χ2v) is 17.2. The number of ether oxygens (including phenoxy) is 1. The first-order valence-corrected chi connectivity index (χ1v) is 21.6. The van der Waals surface area contributed by atoms with E-state index >= 15 is 0 Å². The van der Waals surface area contributed by atoms with Crippen molar-refractivity contribution in [1.29, 1.82) is 0 Å². The second-order valence-electron chi connectivity index (χ2n) is 17.2. The predicted octanol–water partition coefficient (Wildman–Crippen LogP) is 5.00. The Hall–Kier alpha value is -5.93. The predicted molar refractivity (Wildman–Crippen MR) is 226 cm³/mol. The highest BCUT2D eigenvalue weighted by molar-refractivity contribution is 6.08. The lowest BCUT2D eigenvalue weighted by atomic mass is 9.94. The number of rotatable bonds is 7. The van der Waals surface area contributed by atoms with Crippen molar-refractivity contribution < 1.29 is 27.9 Å². The molecule has 4 aliphatic heterocycles. The topological polar surface area (TPSA) is 166 Å². The lowest BCUT2D eigenvalue weighted by Crippen LogP contribution is -2.44. The maximum absolute atomic E-state index is 13.7. The van der Waals surface area contributed by atoms with E-state index in [2.05, 4.69) is 54.5 Å². The monoisotopic (exact) mass is 851 g/mol. The molecular formula is C44H51F2N11O5. The van der Waals surface area contributed by atoms with Gasteiger partial charge in [-0.2, -0.15) is 10.2 Å². The third kappa shape index (κ3) is 8.22. The molecule has 18 heteroatoms. The number of anilines is 2. The molecule has 2 N–H and O–H groups in total. The molecule has 0 radical (unpaired) electrons. The smallest absolute Gasteiger partial charge is 0.329 e. The first-order chi connectivity index (χ1) is 30.0. The Labute approximate surface area is 356 Å². The van der Waals surface area contributed by atoms with Crippen molar-refractivity contribution in [2.45, 2.75) is 101 Å². The standard InChI is InChI=1S/C22H25F2N7O2.C22H26N4O3/c23-20(24)19-17(11-31(28-19)13-4-2-1-3-5-13)26-22(32)16-9-25-30-7-6-18(27-21(16)30)29-10-15-8-14(29)12-33-15;1-24-13-11-15(12-14-24)5-3-6-16-7-4-8-17-20(16)25(2)22(29)26(17)18-9-10-19(27)23-21(18)28/h6-7,9,11,13-15,20H,1-5,8,10,12H2,(H,26,32);4,7-8,15,18H,5,9-14H2,1-2H3,(H,23,27,28)/t14?,15-;/m1./s1. The number of hydrogen-bond donors (Lipinski definition) is 2. The number of aromatic nitrogens is 7. The van der Waals surface area contributed by atoms with Crippen LogP contribution in [0.25, 0.3) is 16.7 Å². The lowest BCUT2D eigenvalue weighted by Gasteiger charge is -2.27. The van der Waals surface area contributed by atoms with Crippen molar-refractivity contribution in [2.75, 3.05) is 43.5 Å². The fourth-order valence-electron chi connectivity index (χ4n) is 9.57. The van der Waals surface area contributed by atoms with Crippen LogP contribution >= 0.6 is 0 Å². The summed E-state index contributed by atoms with van der Waals surface area (Å²) in [7, 11) is 3.85. The van der Waals surface area contributed by atoms with Crippen LogP contribution in [0.2, 0.25) is 0 Å². The van der Waals surface area contributed by atoms with Crippen molar-refractivity contribution in [1.82, 2.24) is 43.7 Å². The van der Waals surface area contributed by atoms with Crippen molar-refractivity contribution in [3.63, 3.8) is 0 Å². The van der Waals surface area contributed by atoms with E-state index in [4.69, 9.17) is 4.74 Å². The Balaban J connectivity index is 0.000000160. The number of morpholine rings is 1. The molecule has 4 aromatic heterocycles. The van der Waals surface area contributed by atoms with Crippen LogP contribution < -0.4 is 21.2 Å². The third-order valence-electron chi connectivity index (χ3n) is 13.0. The summed E-state index contributed by atoms with van der Waals surface area (Å²) in [5, 5.41) is 13.3. The molecule has 1 aliphatic carbocycles. The normalized spacial score (nSPS) is 22.2. The van der Waals surface area contributed by atoms with E-state index in [-0.39, 0.29) is 47.5 Å². The SMILES string of the molecule is CN1CCC(CC#Cc2cccc3c2n(C)c(=O)n3C2CCC(=O)NC2=O)CC1.O=C(Nc1cn(C2CCCCC2)nc1C(F)F)c1cnn2ccc(N3C[C@H]4CC3CO4)nc12. The summed E-state index contributed by atoms with van der Waals surface area (Å²) >= 11 is 0. The minimum absolute atomic E-state index is 0.0325. The Morgan fingerprint density at radius 3 is 2.56 bits per heavy atom. The minimum Gasteiger partial charge on any atom is -0.374 e. The molecule has 2 unspecified atom stereocenters. The van der Waals surface area contributed by atoms with Gasteiger partial charge in [-0.1, -0.05) is 37.2 Å². The molecule has 3 atom stereocenters. The number of alkyl halides is 2. The number of nitrogens with zero attached hydrogens (tertiary/aromatic N) is 9. The molecule has 1 saturated carbocycles. The molecule has 4 saturated heterocycles. The maximum atomic E-state index is 13.7. The number of fused-ring (bicyclic) bond motifs is 4. The van der Waals surface area contributed by atoms with E-state index in [9.17, 15) is 28.0 Å². The van der Waals surface area contributed by atoms with E-state index < -0.39 is 30.0 Å². The second kappa shape index (κ2) is 17.4. The van der Waals surface area contributed by atoms with Crippen LogP contribution in [0.1, 0.15) is 111 Å². The number of nitrogens with one attached hydrogen (secondary N) is 2. The summed E-state index contributed by atoms with van der Waals surface area (Å²) in [6.07, 6.45) is 11.9. The fourth-order valence-corrected chi connectivity index (χ4v) is 9.57. The fraction of sp³-hybridized carbons (Fsp3) is 0.523. The highest BCUT2D eigenvalue weighted by atomic mass is 19.3. The van der Waals surface area contributed by atoms with E-state index in [0.717, 1.165) is 81.5 Å². The summed E-state index contributed by atoms with van der Waals surface area (Å²) in [5.74, 6) is 6.70. The van der Waals surface area contributed by atoms with Crippen LogP contribution in [0.5, 0.6) is 0 Å². The largest absolute Gasteiger partial charge is 0.374 e. The lowest BCUT2D eigenvalue weighted by molar-refractivity contribution is -0.135. The van der Waals surface area contributed by atoms with E-state index in [0.29, 0.717) is 30.1 Å². The van der Waals surface area contributed by atoms with Crippen molar-refractivity contribution >= 4 is 45.9 Å². The molecule has 0 spiro atoms. The van der Waals surface area contributed by atoms with Gasteiger partial charge in [-0.3, -0.25) is 33.5 Å². The van der Waals surface area contributed by atoms with Crippen LogP contribution in [0, 0.1) is 17.8 Å². The van der Waals surface area contributed by atoms with Crippen LogP contribution in [0.4, 0.5) is 20.3 Å². The molecule has 8 heterocycles. The summed E-state index contributed by atoms with van der Waals surface area (Å²) < 4.78 is 39.2. The number of likely N-dealkylation sites (tertiary alicyclic amines) is 1. The molecule has 1 aromatic carbocycles. The zero-order chi connectivity index (χ0) is 43.1. The van der Waals surface area contributed by atoms with E-state index in [1.807, 2.05) is 24.3 Å². The molecule has 62 heavy (non-hydrogen) atoms. The zero-order valence-corrected chi connectivity index (χ0v) is 34.9. The maximum Gasteiger partial charge on any atom is 0.329 e. The van der Waals surface area contributed by atoms with Gasteiger partial charge in [0.25, 0.3) is 12.3 Å². The van der Waals surface area contributed by atoms with E-state index in [1.54, 1.807) is 22.5 Å². The van der Waals surface area contributed by atoms with Gasteiger partial charge < -0.3 is 19.9 Å². The number of piperidine rings is 2. The van der Waals surface area contributed by atoms with Gasteiger partial charge in [-0.05, 0) is 82.8 Å². The number of carbonyl (C=O) groups is 3. The van der Waals surface area contributed by atoms with Crippen LogP contribution in [-0.2, 0) is 21.4 Å². The first-order valence-electron chi connectivity index (χ1n) is 21.6. The first kappa shape index (κ1) is 41.4. The number of hydrogen-bond acceptors (Lipinski definition) is 10. The van der Waals surface area contributed by atoms with Crippen molar-refractivity contribution in [3.8, 4) is 11.8 Å². The number of amides is 3. The summed E-state index contributed by atoms with van der Waals surface area (Å²) in [6, 6.07) is 7.18. The highest BCUT2D eigenvalue weighted by Gasteiger charge is 2.40. The molecule has 326 valence electrons. The van der Waals surface area contributed by atoms with Gasteiger partial charge in [-0.25, -0.2) is 23.1 Å². The summed E-state index contributed by atoms with van der Waals surface area (Å²) in [6.45, 7) is 3.67. The highest BCUT2D eigenvalue weighted by Crippen LogP contribution is 2.34. The van der Waals surface area contributed by atoms with Crippen LogP contribution in [-0.4, -0.2) is 102 Å². The third-order valence-corrected chi connectivity index (χ3v) is 13.0.